The van der Waals surface area contributed by atoms with Gasteiger partial charge in [0.05, 0.1) is 6.04 Å². The quantitative estimate of drug-likeness (QED) is 0.393. The molecule has 1 atom stereocenters. The van der Waals surface area contributed by atoms with Crippen LogP contribution in [0, 0.1) is 5.82 Å². The van der Waals surface area contributed by atoms with Gasteiger partial charge in [0.1, 0.15) is 5.82 Å². The Labute approximate surface area is 87.5 Å². The molecule has 0 spiro atoms. The third-order valence-electron chi connectivity index (χ3n) is 1.85. The second-order valence-corrected chi connectivity index (χ2v) is 3.27. The molecule has 1 aromatic rings. The van der Waals surface area contributed by atoms with Gasteiger partial charge in [-0.05, 0) is 25.2 Å². The molecule has 0 aliphatic heterocycles. The Bertz CT molecular complexity index is 330. The van der Waals surface area contributed by atoms with Crippen LogP contribution in [0.1, 0.15) is 18.5 Å². The highest BCUT2D eigenvalue weighted by molar-refractivity contribution is 7.80. The highest BCUT2D eigenvalue weighted by atomic mass is 32.1. The maximum Gasteiger partial charge on any atom is 0.181 e. The van der Waals surface area contributed by atoms with E-state index in [1.807, 2.05) is 6.92 Å². The van der Waals surface area contributed by atoms with E-state index in [9.17, 15) is 4.39 Å². The number of thiocarbonyl (C=S) groups is 1. The molecular formula is C9H12FN3S. The lowest BCUT2D eigenvalue weighted by Gasteiger charge is -2.16. The monoisotopic (exact) mass is 213 g/mol. The topological polar surface area (TPSA) is 50.1 Å². The molecule has 0 aromatic heterocycles. The molecule has 0 bridgehead atoms. The molecule has 3 nitrogen and oxygen atoms in total. The zero-order chi connectivity index (χ0) is 10.6. The fraction of sp³-hybridized carbons (Fsp3) is 0.222. The van der Waals surface area contributed by atoms with E-state index in [4.69, 9.17) is 18.1 Å². The summed E-state index contributed by atoms with van der Waals surface area (Å²) >= 11 is 4.81. The van der Waals surface area contributed by atoms with Crippen LogP contribution in [0.4, 0.5) is 4.39 Å². The van der Waals surface area contributed by atoms with E-state index in [1.54, 1.807) is 18.2 Å². The predicted molar refractivity (Wildman–Crippen MR) is 57.9 cm³/mol. The van der Waals surface area contributed by atoms with Gasteiger partial charge in [0.25, 0.3) is 0 Å². The minimum Gasteiger partial charge on any atom is -0.355 e. The van der Waals surface area contributed by atoms with Gasteiger partial charge in [-0.3, -0.25) is 0 Å². The van der Waals surface area contributed by atoms with Crippen molar-refractivity contribution in [3.63, 3.8) is 0 Å². The summed E-state index contributed by atoms with van der Waals surface area (Å²) in [5.41, 5.74) is 2.84. The van der Waals surface area contributed by atoms with E-state index >= 15 is 0 Å². The third-order valence-corrected chi connectivity index (χ3v) is 2.09. The Morgan fingerprint density at radius 2 is 2.14 bits per heavy atom. The Balaban J connectivity index is 2.74. The first-order valence-electron chi connectivity index (χ1n) is 4.16. The normalized spacial score (nSPS) is 11.9. The third kappa shape index (κ3) is 2.65. The zero-order valence-corrected chi connectivity index (χ0v) is 8.57. The van der Waals surface area contributed by atoms with Crippen LogP contribution in [0.3, 0.4) is 0 Å². The average Bonchev–Trinajstić information content (AvgIpc) is 2.18. The SMILES string of the molecule is CC(NC(=S)NN)c1ccccc1F. The van der Waals surface area contributed by atoms with Gasteiger partial charge < -0.3 is 10.7 Å². The summed E-state index contributed by atoms with van der Waals surface area (Å²) in [6, 6.07) is 6.32. The number of rotatable bonds is 2. The molecule has 5 heteroatoms. The number of hydrazine groups is 1. The summed E-state index contributed by atoms with van der Waals surface area (Å²) < 4.78 is 13.3. The maximum absolute atomic E-state index is 13.3. The summed E-state index contributed by atoms with van der Waals surface area (Å²) in [6.07, 6.45) is 0. The van der Waals surface area contributed by atoms with Crippen molar-refractivity contribution < 1.29 is 4.39 Å². The highest BCUT2D eigenvalue weighted by Crippen LogP contribution is 2.15. The second-order valence-electron chi connectivity index (χ2n) is 2.86. The van der Waals surface area contributed by atoms with Crippen LogP contribution in [0.5, 0.6) is 0 Å². The number of hydrogen-bond donors (Lipinski definition) is 3. The van der Waals surface area contributed by atoms with Gasteiger partial charge >= 0.3 is 0 Å². The first-order chi connectivity index (χ1) is 6.65. The van der Waals surface area contributed by atoms with Crippen molar-refractivity contribution in [1.82, 2.24) is 10.7 Å². The van der Waals surface area contributed by atoms with E-state index in [1.165, 1.54) is 6.07 Å². The van der Waals surface area contributed by atoms with Gasteiger partial charge in [-0.25, -0.2) is 10.2 Å². The van der Waals surface area contributed by atoms with Gasteiger partial charge in [-0.15, -0.1) is 0 Å². The van der Waals surface area contributed by atoms with Crippen molar-refractivity contribution >= 4 is 17.3 Å². The van der Waals surface area contributed by atoms with Crippen molar-refractivity contribution in [2.45, 2.75) is 13.0 Å². The molecule has 4 N–H and O–H groups in total. The van der Waals surface area contributed by atoms with Crippen molar-refractivity contribution in [3.8, 4) is 0 Å². The van der Waals surface area contributed by atoms with Crippen LogP contribution in [0.15, 0.2) is 24.3 Å². The number of nitrogens with one attached hydrogen (secondary N) is 2. The highest BCUT2D eigenvalue weighted by Gasteiger charge is 2.09. The van der Waals surface area contributed by atoms with Crippen molar-refractivity contribution in [2.75, 3.05) is 0 Å². The molecule has 1 aromatic carbocycles. The molecule has 0 saturated heterocycles. The largest absolute Gasteiger partial charge is 0.355 e. The van der Waals surface area contributed by atoms with Crippen LogP contribution in [0.25, 0.3) is 0 Å². The Morgan fingerprint density at radius 1 is 1.50 bits per heavy atom. The lowest BCUT2D eigenvalue weighted by atomic mass is 10.1. The van der Waals surface area contributed by atoms with E-state index in [-0.39, 0.29) is 11.9 Å². The minimum atomic E-state index is -0.257. The molecule has 0 heterocycles. The number of benzene rings is 1. The maximum atomic E-state index is 13.3. The lowest BCUT2D eigenvalue weighted by Crippen LogP contribution is -2.40. The molecule has 0 aliphatic carbocycles. The molecule has 14 heavy (non-hydrogen) atoms. The van der Waals surface area contributed by atoms with Crippen LogP contribution < -0.4 is 16.6 Å². The Morgan fingerprint density at radius 3 is 2.71 bits per heavy atom. The first kappa shape index (κ1) is 10.9. The van der Waals surface area contributed by atoms with Gasteiger partial charge in [-0.1, -0.05) is 18.2 Å². The summed E-state index contributed by atoms with van der Waals surface area (Å²) in [5, 5.41) is 3.13. The summed E-state index contributed by atoms with van der Waals surface area (Å²) in [6.45, 7) is 1.81. The molecule has 0 radical (unpaired) electrons. The molecule has 0 saturated carbocycles. The Hall–Kier alpha value is -1.20. The van der Waals surface area contributed by atoms with Gasteiger partial charge in [0.15, 0.2) is 5.11 Å². The number of nitrogens with two attached hydrogens (primary N) is 1. The van der Waals surface area contributed by atoms with Gasteiger partial charge in [-0.2, -0.15) is 0 Å². The van der Waals surface area contributed by atoms with Gasteiger partial charge in [0, 0.05) is 5.56 Å². The van der Waals surface area contributed by atoms with Crippen molar-refractivity contribution in [1.29, 1.82) is 0 Å². The molecule has 0 amide bonds. The standard InChI is InChI=1S/C9H12FN3S/c1-6(12-9(14)13-11)7-4-2-3-5-8(7)10/h2-6H,11H2,1H3,(H2,12,13,14). The fourth-order valence-corrected chi connectivity index (χ4v) is 1.32. The zero-order valence-electron chi connectivity index (χ0n) is 7.75. The van der Waals surface area contributed by atoms with Crippen molar-refractivity contribution in [2.24, 2.45) is 5.84 Å². The molecule has 1 rings (SSSR count). The summed E-state index contributed by atoms with van der Waals surface area (Å²) in [7, 11) is 0. The number of hydrogen-bond acceptors (Lipinski definition) is 2. The van der Waals surface area contributed by atoms with Crippen molar-refractivity contribution in [3.05, 3.63) is 35.6 Å². The molecular weight excluding hydrogens is 201 g/mol. The minimum absolute atomic E-state index is 0.209. The average molecular weight is 213 g/mol. The van der Waals surface area contributed by atoms with E-state index in [2.05, 4.69) is 10.7 Å². The van der Waals surface area contributed by atoms with E-state index < -0.39 is 0 Å². The van der Waals surface area contributed by atoms with Gasteiger partial charge in [0.2, 0.25) is 0 Å². The van der Waals surface area contributed by atoms with Crippen LogP contribution in [-0.2, 0) is 0 Å². The second kappa shape index (κ2) is 4.88. The first-order valence-corrected chi connectivity index (χ1v) is 4.57. The summed E-state index contributed by atoms with van der Waals surface area (Å²) in [5.74, 6) is 4.83. The molecule has 76 valence electrons. The Kier molecular flexibility index (Phi) is 3.79. The van der Waals surface area contributed by atoms with E-state index in [0.717, 1.165) is 0 Å². The van der Waals surface area contributed by atoms with Crippen LogP contribution in [-0.4, -0.2) is 5.11 Å². The van der Waals surface area contributed by atoms with E-state index in [0.29, 0.717) is 10.7 Å². The summed E-state index contributed by atoms with van der Waals surface area (Å²) in [4.78, 5) is 0. The molecule has 1 unspecified atom stereocenters. The number of halogens is 1. The molecule has 0 fully saturated rings. The smallest absolute Gasteiger partial charge is 0.181 e. The van der Waals surface area contributed by atoms with Crippen LogP contribution >= 0.6 is 12.2 Å². The van der Waals surface area contributed by atoms with Crippen LogP contribution in [0.2, 0.25) is 0 Å². The lowest BCUT2D eigenvalue weighted by molar-refractivity contribution is 0.577. The fourth-order valence-electron chi connectivity index (χ4n) is 1.14. The predicted octanol–water partition coefficient (Wildman–Crippen LogP) is 1.22. The molecule has 0 aliphatic rings.